The summed E-state index contributed by atoms with van der Waals surface area (Å²) in [6.07, 6.45) is 0. The van der Waals surface area contributed by atoms with Gasteiger partial charge < -0.3 is 5.11 Å². The minimum absolute atomic E-state index is 0.0936. The highest BCUT2D eigenvalue weighted by molar-refractivity contribution is 6.34. The molecule has 0 aliphatic heterocycles. The number of hydrogen-bond acceptors (Lipinski definition) is 4. The van der Waals surface area contributed by atoms with Gasteiger partial charge in [0, 0.05) is 0 Å². The molecule has 1 aromatic rings. The lowest BCUT2D eigenvalue weighted by molar-refractivity contribution is -0.182. The highest BCUT2D eigenvalue weighted by Crippen LogP contribution is 2.20. The highest BCUT2D eigenvalue weighted by atomic mass is 35.5. The van der Waals surface area contributed by atoms with E-state index < -0.39 is 11.9 Å². The number of benzene rings is 1. The van der Waals surface area contributed by atoms with Gasteiger partial charge in [0.15, 0.2) is 0 Å². The maximum atomic E-state index is 10.9. The standard InChI is InChI=1S/C8H5ClO5/c9-5-3-1-2-4(7(10)11)6(5)8(12)14-13/h1-3,13H,(H,10,11). The van der Waals surface area contributed by atoms with Gasteiger partial charge in [0.25, 0.3) is 0 Å². The average molecular weight is 217 g/mol. The molecule has 5 nitrogen and oxygen atoms in total. The number of rotatable bonds is 2. The zero-order valence-corrected chi connectivity index (χ0v) is 7.49. The summed E-state index contributed by atoms with van der Waals surface area (Å²) in [5.74, 6) is -2.53. The minimum atomic E-state index is -1.33. The van der Waals surface area contributed by atoms with Crippen molar-refractivity contribution in [2.75, 3.05) is 0 Å². The molecule has 0 bridgehead atoms. The number of aromatic carboxylic acids is 1. The lowest BCUT2D eigenvalue weighted by Crippen LogP contribution is -2.10. The Morgan fingerprint density at radius 2 is 2.00 bits per heavy atom. The number of carboxylic acids is 1. The summed E-state index contributed by atoms with van der Waals surface area (Å²) >= 11 is 5.57. The van der Waals surface area contributed by atoms with Crippen LogP contribution in [-0.2, 0) is 4.89 Å². The molecule has 0 aromatic heterocycles. The van der Waals surface area contributed by atoms with Crippen molar-refractivity contribution in [2.45, 2.75) is 0 Å². The second-order valence-corrected chi connectivity index (χ2v) is 2.75. The Morgan fingerprint density at radius 1 is 1.36 bits per heavy atom. The Bertz CT molecular complexity index is 387. The minimum Gasteiger partial charge on any atom is -0.478 e. The Kier molecular flexibility index (Phi) is 3.06. The van der Waals surface area contributed by atoms with E-state index in [9.17, 15) is 9.59 Å². The topological polar surface area (TPSA) is 83.8 Å². The molecule has 0 aliphatic rings. The second-order valence-electron chi connectivity index (χ2n) is 2.35. The van der Waals surface area contributed by atoms with Gasteiger partial charge >= 0.3 is 11.9 Å². The third-order valence-corrected chi connectivity index (χ3v) is 1.85. The maximum Gasteiger partial charge on any atom is 0.375 e. The van der Waals surface area contributed by atoms with Gasteiger partial charge in [-0.1, -0.05) is 17.7 Å². The molecule has 0 radical (unpaired) electrons. The van der Waals surface area contributed by atoms with E-state index in [1.165, 1.54) is 18.2 Å². The van der Waals surface area contributed by atoms with Crippen LogP contribution in [-0.4, -0.2) is 22.3 Å². The lowest BCUT2D eigenvalue weighted by Gasteiger charge is -2.03. The SMILES string of the molecule is O=C(O)c1cccc(Cl)c1C(=O)OO. The summed E-state index contributed by atoms with van der Waals surface area (Å²) in [7, 11) is 0. The van der Waals surface area contributed by atoms with Crippen LogP contribution >= 0.6 is 11.6 Å². The van der Waals surface area contributed by atoms with Gasteiger partial charge in [-0.3, -0.25) is 4.89 Å². The number of carbonyl (C=O) groups is 2. The molecule has 1 aromatic carbocycles. The molecule has 0 saturated heterocycles. The van der Waals surface area contributed by atoms with E-state index in [1.807, 2.05) is 0 Å². The van der Waals surface area contributed by atoms with E-state index in [2.05, 4.69) is 4.89 Å². The lowest BCUT2D eigenvalue weighted by atomic mass is 10.1. The third-order valence-electron chi connectivity index (χ3n) is 1.53. The zero-order valence-electron chi connectivity index (χ0n) is 6.73. The largest absolute Gasteiger partial charge is 0.478 e. The summed E-state index contributed by atoms with van der Waals surface area (Å²) in [6.45, 7) is 0. The highest BCUT2D eigenvalue weighted by Gasteiger charge is 2.20. The van der Waals surface area contributed by atoms with Crippen molar-refractivity contribution in [3.05, 3.63) is 34.3 Å². The number of hydrogen-bond donors (Lipinski definition) is 2. The van der Waals surface area contributed by atoms with Crippen LogP contribution < -0.4 is 0 Å². The molecular weight excluding hydrogens is 212 g/mol. The van der Waals surface area contributed by atoms with Gasteiger partial charge in [0.05, 0.1) is 16.1 Å². The monoisotopic (exact) mass is 216 g/mol. The molecule has 0 atom stereocenters. The first-order chi connectivity index (χ1) is 6.57. The molecule has 0 heterocycles. The molecule has 0 aliphatic carbocycles. The molecule has 0 unspecified atom stereocenters. The van der Waals surface area contributed by atoms with E-state index in [1.54, 1.807) is 0 Å². The average Bonchev–Trinajstić information content (AvgIpc) is 2.16. The fourth-order valence-corrected chi connectivity index (χ4v) is 1.21. The van der Waals surface area contributed by atoms with Gasteiger partial charge in [0.1, 0.15) is 0 Å². The molecule has 0 spiro atoms. The molecular formula is C8H5ClO5. The van der Waals surface area contributed by atoms with Crippen molar-refractivity contribution in [1.29, 1.82) is 0 Å². The smallest absolute Gasteiger partial charge is 0.375 e. The van der Waals surface area contributed by atoms with Gasteiger partial charge in [-0.05, 0) is 12.1 Å². The molecule has 0 amide bonds. The number of halogens is 1. The maximum absolute atomic E-state index is 10.9. The predicted molar refractivity (Wildman–Crippen MR) is 46.5 cm³/mol. The van der Waals surface area contributed by atoms with Crippen LogP contribution in [0, 0.1) is 0 Å². The Hall–Kier alpha value is -1.59. The summed E-state index contributed by atoms with van der Waals surface area (Å²) in [5, 5.41) is 16.7. The van der Waals surface area contributed by atoms with E-state index in [0.29, 0.717) is 0 Å². The van der Waals surface area contributed by atoms with Crippen LogP contribution in [0.2, 0.25) is 5.02 Å². The Balaban J connectivity index is 3.36. The fourth-order valence-electron chi connectivity index (χ4n) is 0.955. The molecule has 2 N–H and O–H groups in total. The van der Waals surface area contributed by atoms with Crippen LogP contribution in [0.25, 0.3) is 0 Å². The van der Waals surface area contributed by atoms with Gasteiger partial charge in [-0.25, -0.2) is 9.59 Å². The van der Waals surface area contributed by atoms with Crippen LogP contribution in [0.15, 0.2) is 18.2 Å². The quantitative estimate of drug-likeness (QED) is 0.580. The van der Waals surface area contributed by atoms with Crippen LogP contribution in [0.1, 0.15) is 20.7 Å². The van der Waals surface area contributed by atoms with E-state index in [0.717, 1.165) is 0 Å². The second kappa shape index (κ2) is 4.08. The van der Waals surface area contributed by atoms with Crippen molar-refractivity contribution >= 4 is 23.5 Å². The molecule has 74 valence electrons. The molecule has 0 fully saturated rings. The number of carbonyl (C=O) groups excluding carboxylic acids is 1. The molecule has 0 saturated carbocycles. The Morgan fingerprint density at radius 3 is 2.50 bits per heavy atom. The van der Waals surface area contributed by atoms with Crippen molar-refractivity contribution in [3.8, 4) is 0 Å². The Labute approximate surface area is 83.4 Å². The first-order valence-corrected chi connectivity index (χ1v) is 3.83. The van der Waals surface area contributed by atoms with Crippen LogP contribution in [0.3, 0.4) is 0 Å². The summed E-state index contributed by atoms with van der Waals surface area (Å²) < 4.78 is 0. The normalized spacial score (nSPS) is 9.57. The molecule has 14 heavy (non-hydrogen) atoms. The zero-order chi connectivity index (χ0) is 10.7. The number of carboxylic acid groups (broad SMARTS) is 1. The molecule has 1 rings (SSSR count). The van der Waals surface area contributed by atoms with E-state index in [-0.39, 0.29) is 16.1 Å². The summed E-state index contributed by atoms with van der Waals surface area (Å²) in [4.78, 5) is 25.0. The van der Waals surface area contributed by atoms with Crippen LogP contribution in [0.5, 0.6) is 0 Å². The van der Waals surface area contributed by atoms with Crippen molar-refractivity contribution < 1.29 is 24.8 Å². The van der Waals surface area contributed by atoms with Gasteiger partial charge in [-0.2, -0.15) is 5.26 Å². The van der Waals surface area contributed by atoms with Crippen molar-refractivity contribution in [3.63, 3.8) is 0 Å². The summed E-state index contributed by atoms with van der Waals surface area (Å²) in [6, 6.07) is 3.88. The van der Waals surface area contributed by atoms with Crippen LogP contribution in [0.4, 0.5) is 0 Å². The predicted octanol–water partition coefficient (Wildman–Crippen LogP) is 1.67. The van der Waals surface area contributed by atoms with E-state index in [4.69, 9.17) is 22.0 Å². The third kappa shape index (κ3) is 1.84. The van der Waals surface area contributed by atoms with E-state index >= 15 is 0 Å². The first kappa shape index (κ1) is 10.5. The van der Waals surface area contributed by atoms with Crippen molar-refractivity contribution in [2.24, 2.45) is 0 Å². The van der Waals surface area contributed by atoms with Gasteiger partial charge in [0.2, 0.25) is 0 Å². The first-order valence-electron chi connectivity index (χ1n) is 3.45. The molecule has 6 heteroatoms. The van der Waals surface area contributed by atoms with Crippen molar-refractivity contribution in [1.82, 2.24) is 0 Å². The fraction of sp³-hybridized carbons (Fsp3) is 0. The van der Waals surface area contributed by atoms with Gasteiger partial charge in [-0.15, -0.1) is 0 Å². The summed E-state index contributed by atoms with van der Waals surface area (Å²) in [5.41, 5.74) is -0.694.